The van der Waals surface area contributed by atoms with E-state index in [9.17, 15) is 8.78 Å². The number of rotatable bonds is 7. The Kier molecular flexibility index (Phi) is 5.75. The van der Waals surface area contributed by atoms with Crippen LogP contribution in [0.25, 0.3) is 0 Å². The predicted octanol–water partition coefficient (Wildman–Crippen LogP) is 3.10. The summed E-state index contributed by atoms with van der Waals surface area (Å²) < 4.78 is 28.3. The van der Waals surface area contributed by atoms with Gasteiger partial charge in [-0.25, -0.2) is 8.78 Å². The highest BCUT2D eigenvalue weighted by molar-refractivity contribution is 7.99. The first kappa shape index (κ1) is 16.4. The van der Waals surface area contributed by atoms with Crippen LogP contribution in [0.5, 0.6) is 0 Å². The van der Waals surface area contributed by atoms with Gasteiger partial charge in [-0.3, -0.25) is 0 Å². The Labute approximate surface area is 128 Å². The molecule has 1 aliphatic rings. The molecule has 0 amide bonds. The molecule has 1 N–H and O–H groups in total. The van der Waals surface area contributed by atoms with E-state index >= 15 is 0 Å². The molecule has 0 saturated heterocycles. The van der Waals surface area contributed by atoms with Gasteiger partial charge in [0.15, 0.2) is 5.16 Å². The third-order valence-corrected chi connectivity index (χ3v) is 4.92. The number of alkyl halides is 2. The Morgan fingerprint density at radius 3 is 2.76 bits per heavy atom. The minimum absolute atomic E-state index is 0.0164. The van der Waals surface area contributed by atoms with E-state index in [1.165, 1.54) is 0 Å². The van der Waals surface area contributed by atoms with Crippen LogP contribution in [0, 0.1) is 5.92 Å². The molecule has 1 saturated carbocycles. The molecule has 118 valence electrons. The second-order valence-corrected chi connectivity index (χ2v) is 6.43. The van der Waals surface area contributed by atoms with Crippen LogP contribution >= 0.6 is 11.8 Å². The Hall–Kier alpha value is -0.950. The summed E-state index contributed by atoms with van der Waals surface area (Å²) in [7, 11) is 1.86. The molecule has 0 radical (unpaired) electrons. The zero-order valence-electron chi connectivity index (χ0n) is 12.3. The van der Waals surface area contributed by atoms with E-state index in [1.54, 1.807) is 11.8 Å². The normalized spacial score (nSPS) is 18.8. The maximum Gasteiger partial charge on any atom is 0.248 e. The first-order valence-corrected chi connectivity index (χ1v) is 8.22. The van der Waals surface area contributed by atoms with Crippen LogP contribution in [-0.4, -0.2) is 33.5 Å². The minimum Gasteiger partial charge on any atom is -0.313 e. The van der Waals surface area contributed by atoms with Gasteiger partial charge < -0.3 is 9.88 Å². The largest absolute Gasteiger partial charge is 0.313 e. The number of nitrogens with one attached hydrogen (secondary N) is 1. The Bertz CT molecular complexity index is 466. The predicted molar refractivity (Wildman–Crippen MR) is 80.6 cm³/mol. The molecule has 0 aliphatic heterocycles. The Balaban J connectivity index is 1.92. The molecule has 21 heavy (non-hydrogen) atoms. The molecule has 0 spiro atoms. The molecule has 0 bridgehead atoms. The highest BCUT2D eigenvalue weighted by atomic mass is 32.2. The summed E-state index contributed by atoms with van der Waals surface area (Å²) in [5.41, 5.74) is 0. The molecule has 1 fully saturated rings. The van der Waals surface area contributed by atoms with Crippen molar-refractivity contribution in [1.82, 2.24) is 20.1 Å². The molecular formula is C14H22F2N4S. The maximum absolute atomic E-state index is 13.1. The molecule has 0 aromatic carbocycles. The van der Waals surface area contributed by atoms with Crippen LogP contribution in [0.3, 0.4) is 0 Å². The Morgan fingerprint density at radius 2 is 2.14 bits per heavy atom. The summed E-state index contributed by atoms with van der Waals surface area (Å²) in [5, 5.41) is 12.3. The molecule has 1 aromatic rings. The summed E-state index contributed by atoms with van der Waals surface area (Å²) in [6.07, 6.45) is 3.04. The van der Waals surface area contributed by atoms with E-state index < -0.39 is 5.92 Å². The lowest BCUT2D eigenvalue weighted by atomic mass is 9.88. The smallest absolute Gasteiger partial charge is 0.248 e. The van der Waals surface area contributed by atoms with E-state index in [0.717, 1.165) is 16.7 Å². The average Bonchev–Trinajstić information content (AvgIpc) is 2.81. The summed E-state index contributed by atoms with van der Waals surface area (Å²) in [5.74, 6) is -0.416. The fourth-order valence-corrected chi connectivity index (χ4v) is 3.64. The highest BCUT2D eigenvalue weighted by Crippen LogP contribution is 2.38. The number of allylic oxidation sites excluding steroid dienone is 1. The van der Waals surface area contributed by atoms with Crippen LogP contribution in [0.15, 0.2) is 17.8 Å². The van der Waals surface area contributed by atoms with Gasteiger partial charge in [0.1, 0.15) is 5.82 Å². The van der Waals surface area contributed by atoms with Crippen molar-refractivity contribution >= 4 is 11.8 Å². The van der Waals surface area contributed by atoms with Crippen LogP contribution < -0.4 is 5.32 Å². The second kappa shape index (κ2) is 7.35. The molecule has 4 nitrogen and oxygen atoms in total. The van der Waals surface area contributed by atoms with E-state index in [0.29, 0.717) is 31.8 Å². The number of nitrogens with zero attached hydrogens (tertiary/aromatic N) is 3. The third-order valence-electron chi connectivity index (χ3n) is 3.72. The van der Waals surface area contributed by atoms with Crippen molar-refractivity contribution in [3.8, 4) is 0 Å². The standard InChI is InChI=1S/C14H22F2N4S/c1-3-8-20-12(9-17-2)18-19-13(20)21-10-11-4-6-14(15,16)7-5-11/h3,11,17H,1,4-10H2,2H3. The second-order valence-electron chi connectivity index (χ2n) is 5.44. The molecule has 1 aromatic heterocycles. The lowest BCUT2D eigenvalue weighted by molar-refractivity contribution is -0.0433. The lowest BCUT2D eigenvalue weighted by Gasteiger charge is -2.27. The average molecular weight is 316 g/mol. The van der Waals surface area contributed by atoms with Crippen LogP contribution in [0.2, 0.25) is 0 Å². The minimum atomic E-state index is -2.45. The van der Waals surface area contributed by atoms with Gasteiger partial charge in [-0.15, -0.1) is 16.8 Å². The van der Waals surface area contributed by atoms with E-state index in [2.05, 4.69) is 22.1 Å². The summed E-state index contributed by atoms with van der Waals surface area (Å²) in [6, 6.07) is 0. The molecule has 0 unspecified atom stereocenters. The molecule has 7 heteroatoms. The van der Waals surface area contributed by atoms with Crippen molar-refractivity contribution < 1.29 is 8.78 Å². The van der Waals surface area contributed by atoms with Crippen LogP contribution in [-0.2, 0) is 13.1 Å². The van der Waals surface area contributed by atoms with Gasteiger partial charge in [0.2, 0.25) is 5.92 Å². The molecular weight excluding hydrogens is 294 g/mol. The van der Waals surface area contributed by atoms with Crippen molar-refractivity contribution in [3.63, 3.8) is 0 Å². The quantitative estimate of drug-likeness (QED) is 0.620. The van der Waals surface area contributed by atoms with Gasteiger partial charge in [-0.2, -0.15) is 0 Å². The number of hydrogen-bond donors (Lipinski definition) is 1. The van der Waals surface area contributed by atoms with Gasteiger partial charge in [0.25, 0.3) is 0 Å². The number of halogens is 2. The zero-order valence-corrected chi connectivity index (χ0v) is 13.1. The first-order chi connectivity index (χ1) is 10.1. The number of thioether (sulfide) groups is 1. The zero-order chi connectivity index (χ0) is 15.3. The van der Waals surface area contributed by atoms with Crippen LogP contribution in [0.1, 0.15) is 31.5 Å². The van der Waals surface area contributed by atoms with Gasteiger partial charge >= 0.3 is 0 Å². The maximum atomic E-state index is 13.1. The van der Waals surface area contributed by atoms with Crippen molar-refractivity contribution in [2.45, 2.75) is 49.9 Å². The van der Waals surface area contributed by atoms with Crippen molar-refractivity contribution in [1.29, 1.82) is 0 Å². The molecule has 1 aliphatic carbocycles. The van der Waals surface area contributed by atoms with Crippen molar-refractivity contribution in [2.75, 3.05) is 12.8 Å². The van der Waals surface area contributed by atoms with Gasteiger partial charge in [0, 0.05) is 25.1 Å². The summed E-state index contributed by atoms with van der Waals surface area (Å²) in [6.45, 7) is 5.07. The van der Waals surface area contributed by atoms with Crippen LogP contribution in [0.4, 0.5) is 8.78 Å². The first-order valence-electron chi connectivity index (χ1n) is 7.24. The van der Waals surface area contributed by atoms with Gasteiger partial charge in [-0.05, 0) is 25.8 Å². The fourth-order valence-electron chi connectivity index (χ4n) is 2.49. The topological polar surface area (TPSA) is 42.7 Å². The van der Waals surface area contributed by atoms with Crippen molar-refractivity contribution in [2.24, 2.45) is 5.92 Å². The Morgan fingerprint density at radius 1 is 1.43 bits per heavy atom. The number of hydrogen-bond acceptors (Lipinski definition) is 4. The molecule has 0 atom stereocenters. The highest BCUT2D eigenvalue weighted by Gasteiger charge is 2.34. The number of aromatic nitrogens is 3. The van der Waals surface area contributed by atoms with E-state index in [1.807, 2.05) is 17.7 Å². The fraction of sp³-hybridized carbons (Fsp3) is 0.714. The lowest BCUT2D eigenvalue weighted by Crippen LogP contribution is -2.25. The summed E-state index contributed by atoms with van der Waals surface area (Å²) >= 11 is 1.61. The summed E-state index contributed by atoms with van der Waals surface area (Å²) in [4.78, 5) is 0. The van der Waals surface area contributed by atoms with E-state index in [-0.39, 0.29) is 12.8 Å². The monoisotopic (exact) mass is 316 g/mol. The molecule has 1 heterocycles. The third kappa shape index (κ3) is 4.51. The SMILES string of the molecule is C=CCn1c(CNC)nnc1SCC1CCC(F)(F)CC1. The van der Waals surface area contributed by atoms with E-state index in [4.69, 9.17) is 0 Å². The van der Waals surface area contributed by atoms with Gasteiger partial charge in [-0.1, -0.05) is 17.8 Å². The van der Waals surface area contributed by atoms with Gasteiger partial charge in [0.05, 0.1) is 6.54 Å². The molecule has 2 rings (SSSR count). The van der Waals surface area contributed by atoms with Crippen molar-refractivity contribution in [3.05, 3.63) is 18.5 Å².